The highest BCUT2D eigenvalue weighted by molar-refractivity contribution is 5.71. The fourth-order valence-corrected chi connectivity index (χ4v) is 8.72. The Labute approximate surface area is 393 Å². The quantitative estimate of drug-likeness (QED) is 0.0344. The van der Waals surface area contributed by atoms with E-state index in [4.69, 9.17) is 14.2 Å². The number of ether oxygens (including phenoxy) is 3. The van der Waals surface area contributed by atoms with Gasteiger partial charge in [0.25, 0.3) is 0 Å². The van der Waals surface area contributed by atoms with Crippen LogP contribution in [0.4, 0.5) is 0 Å². The molecule has 0 heterocycles. The number of carbonyl (C=O) groups excluding carboxylic acids is 3. The Kier molecular flexibility index (Phi) is 50.1. The molecular formula is C57H110O6. The SMILES string of the molecule is CCCCCCCCCCCCCCCCCCCCCC(=O)O[C@@H](COC(=O)CCCCCCCCCCCCCC)COC(=O)CCCCCCCCCCCCC(C)CC. The van der Waals surface area contributed by atoms with E-state index in [1.807, 2.05) is 0 Å². The number of esters is 3. The Bertz CT molecular complexity index is 951. The zero-order chi connectivity index (χ0) is 45.9. The van der Waals surface area contributed by atoms with Gasteiger partial charge < -0.3 is 14.2 Å². The molecule has 374 valence electrons. The molecule has 0 aliphatic carbocycles. The van der Waals surface area contributed by atoms with Crippen molar-refractivity contribution in [2.75, 3.05) is 13.2 Å². The van der Waals surface area contributed by atoms with Gasteiger partial charge in [-0.05, 0) is 25.2 Å². The van der Waals surface area contributed by atoms with Crippen molar-refractivity contribution in [3.05, 3.63) is 0 Å². The summed E-state index contributed by atoms with van der Waals surface area (Å²) in [5.74, 6) is 0.0312. The smallest absolute Gasteiger partial charge is 0.306 e. The van der Waals surface area contributed by atoms with Gasteiger partial charge in [-0.2, -0.15) is 0 Å². The second-order valence-electron chi connectivity index (χ2n) is 19.8. The lowest BCUT2D eigenvalue weighted by molar-refractivity contribution is -0.167. The second-order valence-corrected chi connectivity index (χ2v) is 19.8. The highest BCUT2D eigenvalue weighted by Gasteiger charge is 2.19. The zero-order valence-corrected chi connectivity index (χ0v) is 43.0. The van der Waals surface area contributed by atoms with E-state index in [9.17, 15) is 14.4 Å². The normalized spacial score (nSPS) is 12.4. The molecule has 0 spiro atoms. The van der Waals surface area contributed by atoms with Gasteiger partial charge in [0.05, 0.1) is 0 Å². The van der Waals surface area contributed by atoms with Gasteiger partial charge >= 0.3 is 17.9 Å². The number of carbonyl (C=O) groups is 3. The molecule has 0 radical (unpaired) electrons. The fraction of sp³-hybridized carbons (Fsp3) is 0.947. The Morgan fingerprint density at radius 2 is 0.556 bits per heavy atom. The van der Waals surface area contributed by atoms with Crippen molar-refractivity contribution in [1.29, 1.82) is 0 Å². The minimum Gasteiger partial charge on any atom is -0.462 e. The first-order valence-corrected chi connectivity index (χ1v) is 28.4. The maximum atomic E-state index is 12.8. The molecule has 0 aliphatic heterocycles. The van der Waals surface area contributed by atoms with Crippen LogP contribution in [-0.2, 0) is 28.6 Å². The van der Waals surface area contributed by atoms with Crippen LogP contribution in [0.1, 0.15) is 323 Å². The van der Waals surface area contributed by atoms with Crippen LogP contribution in [0, 0.1) is 5.92 Å². The third-order valence-electron chi connectivity index (χ3n) is 13.4. The highest BCUT2D eigenvalue weighted by atomic mass is 16.6. The van der Waals surface area contributed by atoms with Crippen LogP contribution in [0.15, 0.2) is 0 Å². The largest absolute Gasteiger partial charge is 0.462 e. The topological polar surface area (TPSA) is 78.9 Å². The summed E-state index contributed by atoms with van der Waals surface area (Å²) < 4.78 is 16.9. The van der Waals surface area contributed by atoms with Crippen LogP contribution in [0.5, 0.6) is 0 Å². The minimum atomic E-state index is -0.761. The van der Waals surface area contributed by atoms with Crippen LogP contribution in [0.25, 0.3) is 0 Å². The average Bonchev–Trinajstić information content (AvgIpc) is 3.28. The highest BCUT2D eigenvalue weighted by Crippen LogP contribution is 2.18. The Morgan fingerprint density at radius 3 is 0.825 bits per heavy atom. The molecule has 6 heteroatoms. The number of rotatable bonds is 52. The fourth-order valence-electron chi connectivity index (χ4n) is 8.72. The average molecular weight is 892 g/mol. The molecule has 2 atom stereocenters. The maximum Gasteiger partial charge on any atom is 0.306 e. The summed E-state index contributed by atoms with van der Waals surface area (Å²) in [7, 11) is 0. The third-order valence-corrected chi connectivity index (χ3v) is 13.4. The van der Waals surface area contributed by atoms with Crippen molar-refractivity contribution in [3.63, 3.8) is 0 Å². The molecule has 0 saturated heterocycles. The first kappa shape index (κ1) is 61.4. The van der Waals surface area contributed by atoms with Crippen LogP contribution < -0.4 is 0 Å². The monoisotopic (exact) mass is 891 g/mol. The van der Waals surface area contributed by atoms with E-state index in [2.05, 4.69) is 27.7 Å². The Hall–Kier alpha value is -1.59. The van der Waals surface area contributed by atoms with Gasteiger partial charge in [0.1, 0.15) is 13.2 Å². The second kappa shape index (κ2) is 51.4. The number of unbranched alkanes of at least 4 members (excludes halogenated alkanes) is 38. The van der Waals surface area contributed by atoms with E-state index in [0.717, 1.165) is 63.7 Å². The predicted octanol–water partition coefficient (Wildman–Crippen LogP) is 18.6. The summed E-state index contributed by atoms with van der Waals surface area (Å²) in [6.45, 7) is 9.07. The van der Waals surface area contributed by atoms with Gasteiger partial charge in [0, 0.05) is 19.3 Å². The van der Waals surface area contributed by atoms with E-state index >= 15 is 0 Å². The third kappa shape index (κ3) is 49.7. The molecule has 1 unspecified atom stereocenters. The summed E-state index contributed by atoms with van der Waals surface area (Å²) in [6, 6.07) is 0. The van der Waals surface area contributed by atoms with Crippen molar-refractivity contribution in [1.82, 2.24) is 0 Å². The predicted molar refractivity (Wildman–Crippen MR) is 270 cm³/mol. The Balaban J connectivity index is 4.28. The lowest BCUT2D eigenvalue weighted by Crippen LogP contribution is -2.30. The van der Waals surface area contributed by atoms with Crippen molar-refractivity contribution in [3.8, 4) is 0 Å². The van der Waals surface area contributed by atoms with Gasteiger partial charge in [-0.1, -0.05) is 285 Å². The molecule has 0 aliphatic rings. The number of hydrogen-bond donors (Lipinski definition) is 0. The van der Waals surface area contributed by atoms with E-state index in [1.54, 1.807) is 0 Å². The molecule has 0 amide bonds. The molecule has 0 bridgehead atoms. The van der Waals surface area contributed by atoms with E-state index in [-0.39, 0.29) is 31.1 Å². The van der Waals surface area contributed by atoms with Crippen molar-refractivity contribution in [2.45, 2.75) is 329 Å². The summed E-state index contributed by atoms with van der Waals surface area (Å²) >= 11 is 0. The van der Waals surface area contributed by atoms with E-state index in [0.29, 0.717) is 19.3 Å². The molecule has 0 aromatic carbocycles. The van der Waals surface area contributed by atoms with Crippen molar-refractivity contribution >= 4 is 17.9 Å². The summed E-state index contributed by atoms with van der Waals surface area (Å²) in [5, 5.41) is 0. The van der Waals surface area contributed by atoms with Gasteiger partial charge in [0.15, 0.2) is 6.10 Å². The maximum absolute atomic E-state index is 12.8. The van der Waals surface area contributed by atoms with Crippen LogP contribution in [-0.4, -0.2) is 37.2 Å². The minimum absolute atomic E-state index is 0.0623. The summed E-state index contributed by atoms with van der Waals surface area (Å²) in [6.07, 6.45) is 55.1. The van der Waals surface area contributed by atoms with Gasteiger partial charge in [0.2, 0.25) is 0 Å². The molecule has 6 nitrogen and oxygen atoms in total. The van der Waals surface area contributed by atoms with Crippen molar-refractivity contribution in [2.24, 2.45) is 5.92 Å². The van der Waals surface area contributed by atoms with Crippen molar-refractivity contribution < 1.29 is 28.6 Å². The van der Waals surface area contributed by atoms with Gasteiger partial charge in [-0.25, -0.2) is 0 Å². The molecule has 63 heavy (non-hydrogen) atoms. The molecule has 0 fully saturated rings. The van der Waals surface area contributed by atoms with Crippen LogP contribution >= 0.6 is 0 Å². The molecule has 0 aromatic rings. The standard InChI is InChI=1S/C57H110O6/c1-5-8-10-12-14-16-18-20-21-22-23-24-25-26-28-34-38-42-46-50-57(60)63-54(51-61-55(58)48-44-40-36-32-27-19-17-15-13-11-9-6-2)52-62-56(59)49-45-41-37-33-30-29-31-35-39-43-47-53(4)7-3/h53-54H,5-52H2,1-4H3/t53?,54-/m0/s1. The van der Waals surface area contributed by atoms with Crippen LogP contribution in [0.3, 0.4) is 0 Å². The first-order chi connectivity index (χ1) is 30.9. The number of hydrogen-bond acceptors (Lipinski definition) is 6. The summed E-state index contributed by atoms with van der Waals surface area (Å²) in [4.78, 5) is 38.1. The molecule has 0 aromatic heterocycles. The lowest BCUT2D eigenvalue weighted by Gasteiger charge is -2.18. The van der Waals surface area contributed by atoms with Gasteiger partial charge in [-0.3, -0.25) is 14.4 Å². The summed E-state index contributed by atoms with van der Waals surface area (Å²) in [5.41, 5.74) is 0. The van der Waals surface area contributed by atoms with Crippen LogP contribution in [0.2, 0.25) is 0 Å². The van der Waals surface area contributed by atoms with Gasteiger partial charge in [-0.15, -0.1) is 0 Å². The molecular weight excluding hydrogens is 781 g/mol. The van der Waals surface area contributed by atoms with E-state index < -0.39 is 6.10 Å². The van der Waals surface area contributed by atoms with E-state index in [1.165, 1.54) is 218 Å². The molecule has 0 rings (SSSR count). The lowest BCUT2D eigenvalue weighted by atomic mass is 9.99. The Morgan fingerprint density at radius 1 is 0.317 bits per heavy atom. The zero-order valence-electron chi connectivity index (χ0n) is 43.0. The first-order valence-electron chi connectivity index (χ1n) is 28.4. The molecule has 0 N–H and O–H groups in total. The molecule has 0 saturated carbocycles.